The van der Waals surface area contributed by atoms with Gasteiger partial charge in [-0.3, -0.25) is 0 Å². The van der Waals surface area contributed by atoms with E-state index >= 15 is 0 Å². The van der Waals surface area contributed by atoms with Crippen molar-refractivity contribution in [3.05, 3.63) is 64.7 Å². The molecule has 2 aromatic carbocycles. The van der Waals surface area contributed by atoms with Crippen LogP contribution < -0.4 is 10.1 Å². The van der Waals surface area contributed by atoms with Crippen molar-refractivity contribution in [2.75, 3.05) is 0 Å². The molecule has 0 amide bonds. The molecule has 0 unspecified atom stereocenters. The van der Waals surface area contributed by atoms with E-state index in [2.05, 4.69) is 29.6 Å². The molecule has 142 valence electrons. The van der Waals surface area contributed by atoms with Gasteiger partial charge in [0.05, 0.1) is 0 Å². The normalized spacial score (nSPS) is 31.2. The maximum Gasteiger partial charge on any atom is 0.119 e. The van der Waals surface area contributed by atoms with Gasteiger partial charge in [0.1, 0.15) is 12.4 Å². The van der Waals surface area contributed by atoms with Gasteiger partial charge in [-0.15, -0.1) is 0 Å². The zero-order chi connectivity index (χ0) is 18.2. The summed E-state index contributed by atoms with van der Waals surface area (Å²) in [7, 11) is 0. The van der Waals surface area contributed by atoms with Gasteiger partial charge in [0.2, 0.25) is 0 Å². The number of ether oxygens (including phenoxy) is 1. The first-order chi connectivity index (χ1) is 13.2. The molecule has 0 heterocycles. The van der Waals surface area contributed by atoms with E-state index in [9.17, 15) is 0 Å². The summed E-state index contributed by atoms with van der Waals surface area (Å²) < 4.78 is 5.89. The molecule has 0 atom stereocenters. The zero-order valence-electron chi connectivity index (χ0n) is 15.7. The van der Waals surface area contributed by atoms with E-state index in [0.717, 1.165) is 52.6 Å². The van der Waals surface area contributed by atoms with Crippen LogP contribution in [0.5, 0.6) is 5.75 Å². The lowest BCUT2D eigenvalue weighted by molar-refractivity contribution is -0.0142. The van der Waals surface area contributed by atoms with Crippen LogP contribution in [-0.4, -0.2) is 6.04 Å². The van der Waals surface area contributed by atoms with Crippen LogP contribution in [0, 0.1) is 23.7 Å². The van der Waals surface area contributed by atoms with E-state index in [1.807, 2.05) is 24.3 Å². The lowest BCUT2D eigenvalue weighted by atomic mass is 9.54. The molecule has 3 heteroatoms. The second-order valence-corrected chi connectivity index (χ2v) is 9.27. The second-order valence-electron chi connectivity index (χ2n) is 8.86. The first-order valence-corrected chi connectivity index (χ1v) is 10.8. The van der Waals surface area contributed by atoms with Crippen LogP contribution >= 0.6 is 11.6 Å². The minimum absolute atomic E-state index is 0.505. The number of benzene rings is 2. The Morgan fingerprint density at radius 2 is 1.52 bits per heavy atom. The van der Waals surface area contributed by atoms with E-state index in [1.54, 1.807) is 0 Å². The van der Waals surface area contributed by atoms with Crippen molar-refractivity contribution >= 4 is 11.6 Å². The Labute approximate surface area is 167 Å². The van der Waals surface area contributed by atoms with Crippen LogP contribution in [0.3, 0.4) is 0 Å². The highest BCUT2D eigenvalue weighted by Crippen LogP contribution is 2.53. The van der Waals surface area contributed by atoms with Gasteiger partial charge in [-0.1, -0.05) is 41.9 Å². The first kappa shape index (κ1) is 17.6. The molecule has 0 saturated heterocycles. The average molecular weight is 382 g/mol. The van der Waals surface area contributed by atoms with Gasteiger partial charge >= 0.3 is 0 Å². The lowest BCUT2D eigenvalue weighted by Gasteiger charge is -2.54. The van der Waals surface area contributed by atoms with E-state index in [4.69, 9.17) is 16.3 Å². The fraction of sp³-hybridized carbons (Fsp3) is 0.500. The van der Waals surface area contributed by atoms with E-state index in [1.165, 1.54) is 37.7 Å². The van der Waals surface area contributed by atoms with Crippen molar-refractivity contribution in [2.45, 2.75) is 51.3 Å². The second kappa shape index (κ2) is 7.48. The Hall–Kier alpha value is -1.51. The summed E-state index contributed by atoms with van der Waals surface area (Å²) in [6.45, 7) is 1.48. The number of rotatable bonds is 6. The minimum Gasteiger partial charge on any atom is -0.489 e. The zero-order valence-corrected chi connectivity index (χ0v) is 16.5. The molecule has 2 nitrogen and oxygen atoms in total. The van der Waals surface area contributed by atoms with Crippen molar-refractivity contribution in [3.63, 3.8) is 0 Å². The average Bonchev–Trinajstić information content (AvgIpc) is 2.67. The molecular weight excluding hydrogens is 354 g/mol. The third kappa shape index (κ3) is 3.75. The van der Waals surface area contributed by atoms with E-state index < -0.39 is 0 Å². The fourth-order valence-electron chi connectivity index (χ4n) is 5.97. The molecule has 0 aliphatic heterocycles. The molecule has 27 heavy (non-hydrogen) atoms. The molecule has 4 bridgehead atoms. The molecule has 1 N–H and O–H groups in total. The predicted molar refractivity (Wildman–Crippen MR) is 110 cm³/mol. The van der Waals surface area contributed by atoms with Crippen LogP contribution in [0.4, 0.5) is 0 Å². The van der Waals surface area contributed by atoms with Gasteiger partial charge in [-0.05, 0) is 79.5 Å². The van der Waals surface area contributed by atoms with Crippen LogP contribution in [0.25, 0.3) is 0 Å². The standard InChI is InChI=1S/C24H28ClNO/c25-23-4-2-1-3-19(23)15-27-22-7-5-16(6-8-22)14-26-24-20-10-17-9-18(12-20)13-21(24)11-17/h1-8,17-18,20-21,24,26H,9-15H2. The van der Waals surface area contributed by atoms with Crippen LogP contribution in [0.15, 0.2) is 48.5 Å². The number of nitrogens with one attached hydrogen (secondary N) is 1. The molecule has 4 aliphatic carbocycles. The topological polar surface area (TPSA) is 21.3 Å². The van der Waals surface area contributed by atoms with Gasteiger partial charge in [0.25, 0.3) is 0 Å². The summed E-state index contributed by atoms with van der Waals surface area (Å²) in [6.07, 6.45) is 7.41. The van der Waals surface area contributed by atoms with Crippen LogP contribution in [-0.2, 0) is 13.2 Å². The van der Waals surface area contributed by atoms with Crippen molar-refractivity contribution in [1.29, 1.82) is 0 Å². The highest BCUT2D eigenvalue weighted by Gasteiger charge is 2.47. The molecule has 4 saturated carbocycles. The van der Waals surface area contributed by atoms with Crippen LogP contribution in [0.1, 0.15) is 43.2 Å². The molecule has 6 rings (SSSR count). The van der Waals surface area contributed by atoms with Crippen molar-refractivity contribution < 1.29 is 4.74 Å². The summed E-state index contributed by atoms with van der Waals surface area (Å²) in [6, 6.07) is 17.1. The molecule has 0 spiro atoms. The quantitative estimate of drug-likeness (QED) is 0.679. The Bertz CT molecular complexity index is 759. The monoisotopic (exact) mass is 381 g/mol. The summed E-state index contributed by atoms with van der Waals surface area (Å²) in [5.41, 5.74) is 2.36. The third-order valence-corrected chi connectivity index (χ3v) is 7.41. The largest absolute Gasteiger partial charge is 0.489 e. The predicted octanol–water partition coefficient (Wildman–Crippen LogP) is 5.83. The van der Waals surface area contributed by atoms with E-state index in [0.29, 0.717) is 6.61 Å². The number of halogens is 1. The van der Waals surface area contributed by atoms with Crippen molar-refractivity contribution in [2.24, 2.45) is 23.7 Å². The number of hydrogen-bond donors (Lipinski definition) is 1. The third-order valence-electron chi connectivity index (χ3n) is 7.04. The highest BCUT2D eigenvalue weighted by molar-refractivity contribution is 6.31. The Morgan fingerprint density at radius 1 is 0.852 bits per heavy atom. The van der Waals surface area contributed by atoms with Crippen LogP contribution in [0.2, 0.25) is 5.02 Å². The van der Waals surface area contributed by atoms with Gasteiger partial charge in [-0.2, -0.15) is 0 Å². The lowest BCUT2D eigenvalue weighted by Crippen LogP contribution is -2.54. The Balaban J connectivity index is 1.15. The van der Waals surface area contributed by atoms with Gasteiger partial charge in [0.15, 0.2) is 0 Å². The SMILES string of the molecule is Clc1ccccc1COc1ccc(CNC2C3CC4CC(C3)CC2C4)cc1. The Kier molecular flexibility index (Phi) is 4.87. The van der Waals surface area contributed by atoms with Gasteiger partial charge < -0.3 is 10.1 Å². The maximum absolute atomic E-state index is 6.19. The molecule has 0 radical (unpaired) electrons. The van der Waals surface area contributed by atoms with Crippen molar-refractivity contribution in [1.82, 2.24) is 5.32 Å². The summed E-state index contributed by atoms with van der Waals surface area (Å²) >= 11 is 6.19. The maximum atomic E-state index is 6.19. The molecule has 0 aromatic heterocycles. The first-order valence-electron chi connectivity index (χ1n) is 10.4. The van der Waals surface area contributed by atoms with E-state index in [-0.39, 0.29) is 0 Å². The summed E-state index contributed by atoms with van der Waals surface area (Å²) in [5.74, 6) is 4.84. The molecule has 2 aromatic rings. The van der Waals surface area contributed by atoms with Gasteiger partial charge in [-0.25, -0.2) is 0 Å². The molecule has 4 fully saturated rings. The molecule has 4 aliphatic rings. The fourth-order valence-corrected chi connectivity index (χ4v) is 6.16. The smallest absolute Gasteiger partial charge is 0.119 e. The summed E-state index contributed by atoms with van der Waals surface area (Å²) in [4.78, 5) is 0. The Morgan fingerprint density at radius 3 is 2.19 bits per heavy atom. The minimum atomic E-state index is 0.505. The summed E-state index contributed by atoms with van der Waals surface area (Å²) in [5, 5.41) is 4.67. The molecular formula is C24H28ClNO. The number of hydrogen-bond acceptors (Lipinski definition) is 2. The highest BCUT2D eigenvalue weighted by atomic mass is 35.5. The van der Waals surface area contributed by atoms with Crippen molar-refractivity contribution in [3.8, 4) is 5.75 Å². The van der Waals surface area contributed by atoms with Gasteiger partial charge in [0, 0.05) is 23.2 Å².